The number of carbonyl (C=O) groups excluding carboxylic acids is 1. The van der Waals surface area contributed by atoms with Gasteiger partial charge in [-0.15, -0.1) is 0 Å². The van der Waals surface area contributed by atoms with E-state index in [1.54, 1.807) is 12.4 Å². The molecule has 8 heteroatoms. The van der Waals surface area contributed by atoms with Crippen LogP contribution in [-0.4, -0.2) is 47.9 Å². The van der Waals surface area contributed by atoms with E-state index < -0.39 is 5.60 Å². The average Bonchev–Trinajstić information content (AvgIpc) is 2.82. The molecule has 3 aromatic rings. The van der Waals surface area contributed by atoms with Gasteiger partial charge in [-0.2, -0.15) is 0 Å². The van der Waals surface area contributed by atoms with Crippen molar-refractivity contribution in [2.24, 2.45) is 0 Å². The van der Waals surface area contributed by atoms with E-state index in [0.717, 1.165) is 24.4 Å². The van der Waals surface area contributed by atoms with Crippen LogP contribution in [0.4, 0.5) is 10.6 Å². The van der Waals surface area contributed by atoms with Crippen molar-refractivity contribution in [2.45, 2.75) is 70.6 Å². The normalized spacial score (nSPS) is 17.2. The standard InChI is InChI=1S/C30H38N4O4/c1-29(2,3)38-28(35)33-22-16-25(17-22)36-23-12-8-20(9-13-23)30(4,5)21-10-14-24(15-11-21)37-27-19-31-26(18-32-27)34(6)7/h8-15,18-19,22,25H,16-17H2,1-7H3,(H,33,35). The topological polar surface area (TPSA) is 85.8 Å². The summed E-state index contributed by atoms with van der Waals surface area (Å²) in [5.41, 5.74) is 1.65. The van der Waals surface area contributed by atoms with Crippen molar-refractivity contribution in [3.63, 3.8) is 0 Å². The highest BCUT2D eigenvalue weighted by atomic mass is 16.6. The molecule has 0 atom stereocenters. The van der Waals surface area contributed by atoms with Crippen molar-refractivity contribution in [1.82, 2.24) is 15.3 Å². The molecule has 38 heavy (non-hydrogen) atoms. The maximum atomic E-state index is 11.9. The van der Waals surface area contributed by atoms with E-state index in [1.165, 1.54) is 11.1 Å². The molecule has 1 fully saturated rings. The fraction of sp³-hybridized carbons (Fsp3) is 0.433. The summed E-state index contributed by atoms with van der Waals surface area (Å²) in [6.45, 7) is 9.97. The second-order valence-corrected chi connectivity index (χ2v) is 11.4. The Labute approximate surface area is 225 Å². The van der Waals surface area contributed by atoms with Gasteiger partial charge in [0.15, 0.2) is 0 Å². The van der Waals surface area contributed by atoms with Gasteiger partial charge in [0.25, 0.3) is 0 Å². The van der Waals surface area contributed by atoms with Gasteiger partial charge < -0.3 is 24.4 Å². The Bertz CT molecular complexity index is 1210. The molecule has 202 valence electrons. The Kier molecular flexibility index (Phi) is 7.81. The van der Waals surface area contributed by atoms with Gasteiger partial charge in [0.1, 0.15) is 29.0 Å². The van der Waals surface area contributed by atoms with Crippen LogP contribution in [-0.2, 0) is 10.2 Å². The zero-order chi connectivity index (χ0) is 27.5. The third kappa shape index (κ3) is 6.94. The van der Waals surface area contributed by atoms with Crippen LogP contribution >= 0.6 is 0 Å². The molecule has 0 radical (unpaired) electrons. The van der Waals surface area contributed by atoms with Crippen molar-refractivity contribution in [1.29, 1.82) is 0 Å². The van der Waals surface area contributed by atoms with Gasteiger partial charge in [0.05, 0.1) is 12.4 Å². The molecular weight excluding hydrogens is 480 g/mol. The molecule has 1 heterocycles. The van der Waals surface area contributed by atoms with Crippen LogP contribution in [0, 0.1) is 0 Å². The number of carbonyl (C=O) groups is 1. The van der Waals surface area contributed by atoms with Crippen LogP contribution in [0.15, 0.2) is 60.9 Å². The molecule has 1 aromatic heterocycles. The first-order valence-electron chi connectivity index (χ1n) is 12.9. The van der Waals surface area contributed by atoms with E-state index in [0.29, 0.717) is 11.6 Å². The van der Waals surface area contributed by atoms with E-state index in [-0.39, 0.29) is 23.7 Å². The van der Waals surface area contributed by atoms with Gasteiger partial charge in [-0.25, -0.2) is 14.8 Å². The van der Waals surface area contributed by atoms with E-state index in [2.05, 4.69) is 53.4 Å². The fourth-order valence-electron chi connectivity index (χ4n) is 4.22. The highest BCUT2D eigenvalue weighted by Gasteiger charge is 2.33. The Morgan fingerprint density at radius 2 is 1.45 bits per heavy atom. The minimum absolute atomic E-state index is 0.0875. The number of hydrogen-bond acceptors (Lipinski definition) is 7. The Morgan fingerprint density at radius 3 is 1.95 bits per heavy atom. The largest absolute Gasteiger partial charge is 0.490 e. The van der Waals surface area contributed by atoms with Crippen LogP contribution in [0.5, 0.6) is 17.4 Å². The van der Waals surface area contributed by atoms with Crippen LogP contribution < -0.4 is 19.7 Å². The van der Waals surface area contributed by atoms with Crippen molar-refractivity contribution < 1.29 is 19.0 Å². The molecular formula is C30H38N4O4. The predicted molar refractivity (Wildman–Crippen MR) is 148 cm³/mol. The van der Waals surface area contributed by atoms with Crippen LogP contribution in [0.1, 0.15) is 58.6 Å². The number of rotatable bonds is 8. The van der Waals surface area contributed by atoms with Crippen LogP contribution in [0.2, 0.25) is 0 Å². The highest BCUT2D eigenvalue weighted by molar-refractivity contribution is 5.68. The Hall–Kier alpha value is -3.81. The molecule has 1 aliphatic rings. The second kappa shape index (κ2) is 10.9. The number of nitrogens with one attached hydrogen (secondary N) is 1. The Balaban J connectivity index is 1.30. The molecule has 1 N–H and O–H groups in total. The summed E-state index contributed by atoms with van der Waals surface area (Å²) in [4.78, 5) is 22.5. The van der Waals surface area contributed by atoms with Gasteiger partial charge in [0.2, 0.25) is 5.88 Å². The van der Waals surface area contributed by atoms with Gasteiger partial charge in [-0.3, -0.25) is 0 Å². The lowest BCUT2D eigenvalue weighted by Crippen LogP contribution is -2.50. The monoisotopic (exact) mass is 518 g/mol. The fourth-order valence-corrected chi connectivity index (χ4v) is 4.22. The number of nitrogens with zero attached hydrogens (tertiary/aromatic N) is 3. The number of aromatic nitrogens is 2. The van der Waals surface area contributed by atoms with E-state index in [4.69, 9.17) is 14.2 Å². The zero-order valence-corrected chi connectivity index (χ0v) is 23.3. The van der Waals surface area contributed by atoms with Crippen molar-refractivity contribution >= 4 is 11.9 Å². The third-order valence-electron chi connectivity index (χ3n) is 6.57. The van der Waals surface area contributed by atoms with Crippen LogP contribution in [0.3, 0.4) is 0 Å². The molecule has 1 amide bonds. The van der Waals surface area contributed by atoms with Gasteiger partial charge in [0, 0.05) is 38.4 Å². The zero-order valence-electron chi connectivity index (χ0n) is 23.3. The SMILES string of the molecule is CN(C)c1cnc(Oc2ccc(C(C)(C)c3ccc(OC4CC(NC(=O)OC(C)(C)C)C4)cc3)cc2)cn1. The molecule has 4 rings (SSSR count). The highest BCUT2D eigenvalue weighted by Crippen LogP contribution is 2.35. The number of ether oxygens (including phenoxy) is 3. The summed E-state index contributed by atoms with van der Waals surface area (Å²) in [7, 11) is 3.84. The Morgan fingerprint density at radius 1 is 0.868 bits per heavy atom. The van der Waals surface area contributed by atoms with Gasteiger partial charge in [-0.1, -0.05) is 38.1 Å². The number of anilines is 1. The number of benzene rings is 2. The molecule has 1 saturated carbocycles. The quantitative estimate of drug-likeness (QED) is 0.386. The molecule has 0 spiro atoms. The predicted octanol–water partition coefficient (Wildman–Crippen LogP) is 6.10. The second-order valence-electron chi connectivity index (χ2n) is 11.4. The lowest BCUT2D eigenvalue weighted by atomic mass is 9.78. The van der Waals surface area contributed by atoms with E-state index in [1.807, 2.05) is 64.0 Å². The van der Waals surface area contributed by atoms with Crippen LogP contribution in [0.25, 0.3) is 0 Å². The average molecular weight is 519 g/mol. The molecule has 0 unspecified atom stereocenters. The molecule has 1 aliphatic carbocycles. The number of amides is 1. The summed E-state index contributed by atoms with van der Waals surface area (Å²) in [5, 5.41) is 2.90. The number of alkyl carbamates (subject to hydrolysis) is 1. The van der Waals surface area contributed by atoms with Crippen molar-refractivity contribution in [3.05, 3.63) is 72.1 Å². The maximum absolute atomic E-state index is 11.9. The molecule has 2 aromatic carbocycles. The molecule has 8 nitrogen and oxygen atoms in total. The maximum Gasteiger partial charge on any atom is 0.407 e. The molecule has 0 saturated heterocycles. The molecule has 0 aliphatic heterocycles. The van der Waals surface area contributed by atoms with Gasteiger partial charge >= 0.3 is 6.09 Å². The van der Waals surface area contributed by atoms with Crippen molar-refractivity contribution in [3.8, 4) is 17.4 Å². The van der Waals surface area contributed by atoms with Gasteiger partial charge in [-0.05, 0) is 56.2 Å². The minimum Gasteiger partial charge on any atom is -0.490 e. The smallest absolute Gasteiger partial charge is 0.407 e. The van der Waals surface area contributed by atoms with Crippen molar-refractivity contribution in [2.75, 3.05) is 19.0 Å². The summed E-state index contributed by atoms with van der Waals surface area (Å²) in [6.07, 6.45) is 4.56. The first kappa shape index (κ1) is 27.2. The molecule has 0 bridgehead atoms. The summed E-state index contributed by atoms with van der Waals surface area (Å²) in [5.74, 6) is 2.77. The minimum atomic E-state index is -0.497. The first-order valence-corrected chi connectivity index (χ1v) is 12.9. The summed E-state index contributed by atoms with van der Waals surface area (Å²) < 4.78 is 17.3. The summed E-state index contributed by atoms with van der Waals surface area (Å²) >= 11 is 0. The summed E-state index contributed by atoms with van der Waals surface area (Å²) in [6, 6.07) is 16.4. The first-order chi connectivity index (χ1) is 17.9. The number of hydrogen-bond donors (Lipinski definition) is 1. The lowest BCUT2D eigenvalue weighted by Gasteiger charge is -2.36. The lowest BCUT2D eigenvalue weighted by molar-refractivity contribution is 0.0363. The van der Waals surface area contributed by atoms with E-state index >= 15 is 0 Å². The van der Waals surface area contributed by atoms with E-state index in [9.17, 15) is 4.79 Å². The third-order valence-corrected chi connectivity index (χ3v) is 6.57.